The van der Waals surface area contributed by atoms with Crippen molar-refractivity contribution in [2.45, 2.75) is 6.92 Å². The molecule has 0 saturated carbocycles. The number of halogens is 1. The average molecular weight is 267 g/mol. The van der Waals surface area contributed by atoms with Gasteiger partial charge in [0.25, 0.3) is 5.91 Å². The third-order valence-corrected chi connectivity index (χ3v) is 2.75. The van der Waals surface area contributed by atoms with Gasteiger partial charge in [0, 0.05) is 12.2 Å². The molecule has 2 rings (SSSR count). The van der Waals surface area contributed by atoms with Gasteiger partial charge in [-0.25, -0.2) is 9.18 Å². The van der Waals surface area contributed by atoms with E-state index in [4.69, 9.17) is 9.47 Å². The Morgan fingerprint density at radius 3 is 2.95 bits per heavy atom. The second kappa shape index (κ2) is 5.79. The second-order valence-corrected chi connectivity index (χ2v) is 3.98. The molecule has 1 aliphatic rings. The number of hydrogen-bond donors (Lipinski definition) is 0. The number of ether oxygens (including phenoxy) is 2. The van der Waals surface area contributed by atoms with Crippen LogP contribution in [0, 0.1) is 5.82 Å². The van der Waals surface area contributed by atoms with Gasteiger partial charge in [0.15, 0.2) is 0 Å². The minimum absolute atomic E-state index is 0.0127. The minimum Gasteiger partial charge on any atom is -0.462 e. The summed E-state index contributed by atoms with van der Waals surface area (Å²) in [5.41, 5.74) is 0.283. The van der Waals surface area contributed by atoms with Crippen molar-refractivity contribution in [2.24, 2.45) is 0 Å². The topological polar surface area (TPSA) is 55.8 Å². The first kappa shape index (κ1) is 13.5. The van der Waals surface area contributed by atoms with Crippen molar-refractivity contribution in [3.63, 3.8) is 0 Å². The van der Waals surface area contributed by atoms with E-state index in [-0.39, 0.29) is 24.7 Å². The summed E-state index contributed by atoms with van der Waals surface area (Å²) >= 11 is 0. The molecule has 1 fully saturated rings. The van der Waals surface area contributed by atoms with Crippen LogP contribution in [0.3, 0.4) is 0 Å². The van der Waals surface area contributed by atoms with Crippen LogP contribution in [0.5, 0.6) is 0 Å². The van der Waals surface area contributed by atoms with Gasteiger partial charge >= 0.3 is 5.97 Å². The van der Waals surface area contributed by atoms with E-state index >= 15 is 0 Å². The van der Waals surface area contributed by atoms with Crippen LogP contribution in [0.1, 0.15) is 17.3 Å². The lowest BCUT2D eigenvalue weighted by atomic mass is 10.1. The third-order valence-electron chi connectivity index (χ3n) is 2.75. The highest BCUT2D eigenvalue weighted by Gasteiger charge is 2.22. The van der Waals surface area contributed by atoms with Crippen LogP contribution in [0.15, 0.2) is 18.2 Å². The van der Waals surface area contributed by atoms with Gasteiger partial charge in [0.2, 0.25) is 0 Å². The maximum Gasteiger partial charge on any atom is 0.341 e. The number of nitrogens with zero attached hydrogens (tertiary/aromatic N) is 1. The van der Waals surface area contributed by atoms with Gasteiger partial charge in [-0.1, -0.05) is 0 Å². The number of anilines is 1. The van der Waals surface area contributed by atoms with Crippen LogP contribution < -0.4 is 4.90 Å². The van der Waals surface area contributed by atoms with Gasteiger partial charge in [-0.15, -0.1) is 0 Å². The fourth-order valence-corrected chi connectivity index (χ4v) is 1.84. The first-order chi connectivity index (χ1) is 9.13. The lowest BCUT2D eigenvalue weighted by Crippen LogP contribution is -2.41. The Labute approximate surface area is 109 Å². The lowest BCUT2D eigenvalue weighted by molar-refractivity contribution is -0.125. The molecule has 102 valence electrons. The van der Waals surface area contributed by atoms with Gasteiger partial charge in [-0.05, 0) is 25.1 Å². The predicted molar refractivity (Wildman–Crippen MR) is 65.5 cm³/mol. The van der Waals surface area contributed by atoms with Crippen LogP contribution in [0.25, 0.3) is 0 Å². The van der Waals surface area contributed by atoms with E-state index in [2.05, 4.69) is 0 Å². The fourth-order valence-electron chi connectivity index (χ4n) is 1.84. The summed E-state index contributed by atoms with van der Waals surface area (Å²) in [5.74, 6) is -1.63. The Balaban J connectivity index is 2.23. The molecule has 0 aromatic heterocycles. The van der Waals surface area contributed by atoms with Crippen molar-refractivity contribution in [3.05, 3.63) is 29.6 Å². The van der Waals surface area contributed by atoms with E-state index < -0.39 is 11.8 Å². The third kappa shape index (κ3) is 2.90. The molecule has 6 heteroatoms. The highest BCUT2D eigenvalue weighted by atomic mass is 19.1. The molecule has 1 aromatic carbocycles. The van der Waals surface area contributed by atoms with E-state index in [1.165, 1.54) is 17.0 Å². The van der Waals surface area contributed by atoms with Gasteiger partial charge in [-0.2, -0.15) is 0 Å². The van der Waals surface area contributed by atoms with Gasteiger partial charge < -0.3 is 14.4 Å². The summed E-state index contributed by atoms with van der Waals surface area (Å²) < 4.78 is 23.6. The summed E-state index contributed by atoms with van der Waals surface area (Å²) in [6.07, 6.45) is 0. The normalized spacial score (nSPS) is 15.5. The van der Waals surface area contributed by atoms with Crippen molar-refractivity contribution in [1.29, 1.82) is 0 Å². The van der Waals surface area contributed by atoms with E-state index in [1.54, 1.807) is 6.92 Å². The molecule has 5 nitrogen and oxygen atoms in total. The Morgan fingerprint density at radius 2 is 2.32 bits per heavy atom. The molecule has 1 saturated heterocycles. The number of benzene rings is 1. The zero-order chi connectivity index (χ0) is 13.8. The Bertz CT molecular complexity index is 503. The number of esters is 1. The largest absolute Gasteiger partial charge is 0.462 e. The zero-order valence-corrected chi connectivity index (χ0v) is 10.5. The maximum absolute atomic E-state index is 13.8. The summed E-state index contributed by atoms with van der Waals surface area (Å²) in [7, 11) is 0. The van der Waals surface area contributed by atoms with Gasteiger partial charge in [0.1, 0.15) is 12.4 Å². The summed E-state index contributed by atoms with van der Waals surface area (Å²) in [5, 5.41) is 0. The van der Waals surface area contributed by atoms with Gasteiger partial charge in [0.05, 0.1) is 18.8 Å². The zero-order valence-electron chi connectivity index (χ0n) is 10.5. The summed E-state index contributed by atoms with van der Waals surface area (Å²) in [6, 6.07) is 4.01. The summed E-state index contributed by atoms with van der Waals surface area (Å²) in [4.78, 5) is 24.5. The molecule has 0 bridgehead atoms. The quantitative estimate of drug-likeness (QED) is 0.776. The van der Waals surface area contributed by atoms with Crippen LogP contribution in [-0.4, -0.2) is 38.2 Å². The van der Waals surface area contributed by atoms with Crippen LogP contribution in [-0.2, 0) is 14.3 Å². The van der Waals surface area contributed by atoms with E-state index in [1.807, 2.05) is 0 Å². The molecule has 1 aromatic rings. The number of rotatable bonds is 3. The highest BCUT2D eigenvalue weighted by Crippen LogP contribution is 2.20. The monoisotopic (exact) mass is 267 g/mol. The number of hydrogen-bond acceptors (Lipinski definition) is 4. The molecule has 0 atom stereocenters. The maximum atomic E-state index is 13.8. The Kier molecular flexibility index (Phi) is 4.11. The molecule has 1 heterocycles. The van der Waals surface area contributed by atoms with E-state index in [0.717, 1.165) is 6.07 Å². The van der Waals surface area contributed by atoms with Crippen molar-refractivity contribution < 1.29 is 23.5 Å². The highest BCUT2D eigenvalue weighted by molar-refractivity contribution is 5.96. The molecule has 0 spiro atoms. The molecule has 0 N–H and O–H groups in total. The SMILES string of the molecule is CCOC(=O)c1ccc(N2CCOCC2=O)cc1F. The number of morpholine rings is 1. The standard InChI is InChI=1S/C13H14FNO4/c1-2-19-13(17)10-4-3-9(7-11(10)14)15-5-6-18-8-12(15)16/h3-4,7H,2,5-6,8H2,1H3. The molecule has 0 unspecified atom stereocenters. The number of carbonyl (C=O) groups is 2. The second-order valence-electron chi connectivity index (χ2n) is 3.98. The minimum atomic E-state index is -0.708. The van der Waals surface area contributed by atoms with E-state index in [0.29, 0.717) is 18.8 Å². The Morgan fingerprint density at radius 1 is 1.53 bits per heavy atom. The average Bonchev–Trinajstić information content (AvgIpc) is 2.39. The van der Waals surface area contributed by atoms with E-state index in [9.17, 15) is 14.0 Å². The molecule has 1 aliphatic heterocycles. The predicted octanol–water partition coefficient (Wildman–Crippen LogP) is 1.37. The van der Waals surface area contributed by atoms with Gasteiger partial charge in [-0.3, -0.25) is 4.79 Å². The van der Waals surface area contributed by atoms with Crippen LogP contribution >= 0.6 is 0 Å². The van der Waals surface area contributed by atoms with Crippen LogP contribution in [0.2, 0.25) is 0 Å². The lowest BCUT2D eigenvalue weighted by Gasteiger charge is -2.27. The first-order valence-electron chi connectivity index (χ1n) is 5.98. The summed E-state index contributed by atoms with van der Waals surface area (Å²) in [6.45, 7) is 2.60. The molecular weight excluding hydrogens is 253 g/mol. The first-order valence-corrected chi connectivity index (χ1v) is 5.98. The molecule has 19 heavy (non-hydrogen) atoms. The molecule has 1 amide bonds. The van der Waals surface area contributed by atoms with Crippen molar-refractivity contribution in [1.82, 2.24) is 0 Å². The van der Waals surface area contributed by atoms with Crippen molar-refractivity contribution in [2.75, 3.05) is 31.3 Å². The molecule has 0 radical (unpaired) electrons. The van der Waals surface area contributed by atoms with Crippen molar-refractivity contribution >= 4 is 17.6 Å². The van der Waals surface area contributed by atoms with Crippen LogP contribution in [0.4, 0.5) is 10.1 Å². The molecule has 0 aliphatic carbocycles. The fraction of sp³-hybridized carbons (Fsp3) is 0.385. The van der Waals surface area contributed by atoms with Crippen molar-refractivity contribution in [3.8, 4) is 0 Å². The smallest absolute Gasteiger partial charge is 0.341 e. The molecular formula is C13H14FNO4. The Hall–Kier alpha value is -1.95. The number of amides is 1. The number of carbonyl (C=O) groups excluding carboxylic acids is 2.